The molecule has 0 radical (unpaired) electrons. The quantitative estimate of drug-likeness (QED) is 0.749. The summed E-state index contributed by atoms with van der Waals surface area (Å²) in [6, 6.07) is 5.26. The summed E-state index contributed by atoms with van der Waals surface area (Å²) >= 11 is 5.26. The Hall–Kier alpha value is -0.800. The van der Waals surface area contributed by atoms with Gasteiger partial charge in [-0.05, 0) is 12.1 Å². The fourth-order valence-electron chi connectivity index (χ4n) is 0.613. The second-order valence-electron chi connectivity index (χ2n) is 1.90. The summed E-state index contributed by atoms with van der Waals surface area (Å²) in [5, 5.41) is 2.51. The fraction of sp³-hybridized carbons (Fsp3) is 0.143. The molecule has 66 valence electrons. The number of pyridine rings is 1. The van der Waals surface area contributed by atoms with Crippen LogP contribution in [0, 0.1) is 0 Å². The maximum Gasteiger partial charge on any atom is 0.240 e. The molecule has 1 N–H and O–H groups in total. The third-order valence-electron chi connectivity index (χ3n) is 1.05. The second kappa shape index (κ2) is 5.80. The lowest BCUT2D eigenvalue weighted by atomic mass is 10.4. The molecular formula is C7H8Cl2N2O. The Labute approximate surface area is 81.5 Å². The molecular weight excluding hydrogens is 199 g/mol. The van der Waals surface area contributed by atoms with Gasteiger partial charge in [0.05, 0.1) is 0 Å². The largest absolute Gasteiger partial charge is 0.310 e. The Bertz CT molecular complexity index is 240. The first kappa shape index (κ1) is 11.2. The number of anilines is 1. The normalized spacial score (nSPS) is 8.42. The van der Waals surface area contributed by atoms with Crippen molar-refractivity contribution in [2.45, 2.75) is 0 Å². The van der Waals surface area contributed by atoms with Crippen LogP contribution >= 0.6 is 24.0 Å². The summed E-state index contributed by atoms with van der Waals surface area (Å²) < 4.78 is 0. The third-order valence-corrected chi connectivity index (χ3v) is 1.30. The number of hydrogen-bond acceptors (Lipinski definition) is 2. The molecule has 0 saturated carbocycles. The molecule has 0 atom stereocenters. The molecule has 5 heteroatoms. The monoisotopic (exact) mass is 206 g/mol. The van der Waals surface area contributed by atoms with Crippen LogP contribution in [-0.4, -0.2) is 16.8 Å². The number of alkyl halides is 1. The molecule has 3 nitrogen and oxygen atoms in total. The van der Waals surface area contributed by atoms with Gasteiger partial charge < -0.3 is 5.32 Å². The summed E-state index contributed by atoms with van der Waals surface area (Å²) in [5.74, 6) is 0.236. The van der Waals surface area contributed by atoms with Crippen molar-refractivity contribution < 1.29 is 4.79 Å². The van der Waals surface area contributed by atoms with Crippen LogP contribution < -0.4 is 5.32 Å². The molecule has 1 aromatic rings. The number of hydrogen-bond donors (Lipinski definition) is 1. The highest BCUT2D eigenvalue weighted by Crippen LogP contribution is 1.99. The maximum absolute atomic E-state index is 10.7. The zero-order valence-corrected chi connectivity index (χ0v) is 7.73. The molecule has 1 amide bonds. The SMILES string of the molecule is Cl.O=C(CCl)Nc1ccccn1. The number of nitrogens with one attached hydrogen (secondary N) is 1. The van der Waals surface area contributed by atoms with Gasteiger partial charge in [0.15, 0.2) is 0 Å². The van der Waals surface area contributed by atoms with E-state index in [1.807, 2.05) is 0 Å². The van der Waals surface area contributed by atoms with E-state index in [1.54, 1.807) is 24.4 Å². The molecule has 0 bridgehead atoms. The Morgan fingerprint density at radius 2 is 2.33 bits per heavy atom. The molecule has 0 fully saturated rings. The summed E-state index contributed by atoms with van der Waals surface area (Å²) in [6.07, 6.45) is 1.60. The molecule has 0 spiro atoms. The van der Waals surface area contributed by atoms with Crippen LogP contribution in [0.4, 0.5) is 5.82 Å². The maximum atomic E-state index is 10.7. The number of nitrogens with zero attached hydrogens (tertiary/aromatic N) is 1. The van der Waals surface area contributed by atoms with Gasteiger partial charge in [-0.15, -0.1) is 24.0 Å². The van der Waals surface area contributed by atoms with Crippen LogP contribution in [0.15, 0.2) is 24.4 Å². The summed E-state index contributed by atoms with van der Waals surface area (Å²) in [5.41, 5.74) is 0. The highest BCUT2D eigenvalue weighted by atomic mass is 35.5. The predicted octanol–water partition coefficient (Wildman–Crippen LogP) is 1.68. The van der Waals surface area contributed by atoms with Gasteiger partial charge in [-0.25, -0.2) is 4.98 Å². The van der Waals surface area contributed by atoms with E-state index in [0.717, 1.165) is 0 Å². The van der Waals surface area contributed by atoms with Crippen molar-refractivity contribution in [3.8, 4) is 0 Å². The fourth-order valence-corrected chi connectivity index (χ4v) is 0.680. The number of amides is 1. The van der Waals surface area contributed by atoms with Gasteiger partial charge in [0, 0.05) is 6.20 Å². The van der Waals surface area contributed by atoms with Crippen molar-refractivity contribution >= 4 is 35.7 Å². The predicted molar refractivity (Wildman–Crippen MR) is 50.8 cm³/mol. The lowest BCUT2D eigenvalue weighted by molar-refractivity contribution is -0.113. The van der Waals surface area contributed by atoms with Gasteiger partial charge in [0.1, 0.15) is 11.7 Å². The number of carbonyl (C=O) groups excluding carboxylic acids is 1. The minimum atomic E-state index is -0.245. The van der Waals surface area contributed by atoms with E-state index in [-0.39, 0.29) is 24.2 Å². The molecule has 0 aliphatic carbocycles. The third kappa shape index (κ3) is 3.55. The van der Waals surface area contributed by atoms with Gasteiger partial charge >= 0.3 is 0 Å². The van der Waals surface area contributed by atoms with E-state index in [1.165, 1.54) is 0 Å². The first-order valence-corrected chi connectivity index (χ1v) is 3.63. The van der Waals surface area contributed by atoms with Crippen molar-refractivity contribution in [1.29, 1.82) is 0 Å². The molecule has 0 aromatic carbocycles. The number of halogens is 2. The molecule has 1 heterocycles. The standard InChI is InChI=1S/C7H7ClN2O.ClH/c8-5-7(11)10-6-3-1-2-4-9-6;/h1-4H,5H2,(H,9,10,11);1H. The van der Waals surface area contributed by atoms with Crippen molar-refractivity contribution in [2.24, 2.45) is 0 Å². The van der Waals surface area contributed by atoms with Crippen molar-refractivity contribution in [2.75, 3.05) is 11.2 Å². The first-order valence-electron chi connectivity index (χ1n) is 3.10. The van der Waals surface area contributed by atoms with Gasteiger partial charge in [0.25, 0.3) is 0 Å². The van der Waals surface area contributed by atoms with E-state index < -0.39 is 0 Å². The molecule has 0 unspecified atom stereocenters. The van der Waals surface area contributed by atoms with Gasteiger partial charge in [-0.3, -0.25) is 4.79 Å². The van der Waals surface area contributed by atoms with E-state index in [4.69, 9.17) is 11.6 Å². The van der Waals surface area contributed by atoms with Crippen LogP contribution in [-0.2, 0) is 4.79 Å². The summed E-state index contributed by atoms with van der Waals surface area (Å²) in [7, 11) is 0. The number of aromatic nitrogens is 1. The Morgan fingerprint density at radius 3 is 2.83 bits per heavy atom. The lowest BCUT2D eigenvalue weighted by Gasteiger charge is -1.98. The van der Waals surface area contributed by atoms with Gasteiger partial charge in [0.2, 0.25) is 5.91 Å². The first-order chi connectivity index (χ1) is 5.33. The molecule has 0 aliphatic heterocycles. The van der Waals surface area contributed by atoms with E-state index >= 15 is 0 Å². The van der Waals surface area contributed by atoms with Crippen LogP contribution in [0.2, 0.25) is 0 Å². The topological polar surface area (TPSA) is 42.0 Å². The van der Waals surface area contributed by atoms with Crippen molar-refractivity contribution in [3.05, 3.63) is 24.4 Å². The highest BCUT2D eigenvalue weighted by Gasteiger charge is 1.97. The Morgan fingerprint density at radius 1 is 1.58 bits per heavy atom. The molecule has 1 rings (SSSR count). The smallest absolute Gasteiger partial charge is 0.240 e. The van der Waals surface area contributed by atoms with Gasteiger partial charge in [-0.2, -0.15) is 0 Å². The van der Waals surface area contributed by atoms with Crippen molar-refractivity contribution in [3.63, 3.8) is 0 Å². The van der Waals surface area contributed by atoms with Crippen LogP contribution in [0.3, 0.4) is 0 Å². The minimum Gasteiger partial charge on any atom is -0.310 e. The molecule has 12 heavy (non-hydrogen) atoms. The zero-order valence-electron chi connectivity index (χ0n) is 6.16. The zero-order chi connectivity index (χ0) is 8.10. The van der Waals surface area contributed by atoms with Crippen LogP contribution in [0.5, 0.6) is 0 Å². The minimum absolute atomic E-state index is 0. The van der Waals surface area contributed by atoms with Crippen LogP contribution in [0.25, 0.3) is 0 Å². The number of carbonyl (C=O) groups is 1. The van der Waals surface area contributed by atoms with Gasteiger partial charge in [-0.1, -0.05) is 6.07 Å². The summed E-state index contributed by atoms with van der Waals surface area (Å²) in [6.45, 7) is 0. The number of rotatable bonds is 2. The van der Waals surface area contributed by atoms with Crippen LogP contribution in [0.1, 0.15) is 0 Å². The van der Waals surface area contributed by atoms with E-state index in [0.29, 0.717) is 5.82 Å². The van der Waals surface area contributed by atoms with Crippen molar-refractivity contribution in [1.82, 2.24) is 4.98 Å². The van der Waals surface area contributed by atoms with E-state index in [9.17, 15) is 4.79 Å². The Balaban J connectivity index is 0.00000121. The average molecular weight is 207 g/mol. The molecule has 0 saturated heterocycles. The highest BCUT2D eigenvalue weighted by molar-refractivity contribution is 6.28. The lowest BCUT2D eigenvalue weighted by Crippen LogP contribution is -2.13. The van der Waals surface area contributed by atoms with E-state index in [2.05, 4.69) is 10.3 Å². The molecule has 1 aromatic heterocycles. The average Bonchev–Trinajstić information content (AvgIpc) is 2.06. The molecule has 0 aliphatic rings. The summed E-state index contributed by atoms with van der Waals surface area (Å²) in [4.78, 5) is 14.6. The Kier molecular flexibility index (Phi) is 5.41. The second-order valence-corrected chi connectivity index (χ2v) is 2.16.